The van der Waals surface area contributed by atoms with E-state index in [4.69, 9.17) is 0 Å². The molecular weight excluding hydrogens is 298 g/mol. The van der Waals surface area contributed by atoms with Gasteiger partial charge in [0.25, 0.3) is 5.91 Å². The number of carboxylic acids is 1. The average molecular weight is 319 g/mol. The van der Waals surface area contributed by atoms with Gasteiger partial charge in [-0.1, -0.05) is 18.2 Å². The molecule has 2 fully saturated rings. The van der Waals surface area contributed by atoms with Gasteiger partial charge in [0.2, 0.25) is 0 Å². The maximum atomic E-state index is 12.5. The number of carbonyl (C=O) groups excluding carboxylic acids is 1. The number of aliphatic hydroxyl groups excluding tert-OH is 2. The molecule has 6 nitrogen and oxygen atoms in total. The van der Waals surface area contributed by atoms with Crippen LogP contribution in [-0.4, -0.2) is 45.4 Å². The summed E-state index contributed by atoms with van der Waals surface area (Å²) in [6.07, 6.45) is 1.03. The molecule has 1 amide bonds. The molecule has 2 saturated carbocycles. The molecule has 2 aliphatic carbocycles. The molecule has 5 atom stereocenters. The third kappa shape index (κ3) is 2.42. The Morgan fingerprint density at radius 1 is 1.26 bits per heavy atom. The second kappa shape index (κ2) is 5.94. The lowest BCUT2D eigenvalue weighted by molar-refractivity contribution is -0.153. The van der Waals surface area contributed by atoms with Gasteiger partial charge in [-0.25, -0.2) is 4.79 Å². The fraction of sp³-hybridized carbons (Fsp3) is 0.529. The topological polar surface area (TPSA) is 107 Å². The Balaban J connectivity index is 1.96. The maximum Gasteiger partial charge on any atom is 0.330 e. The lowest BCUT2D eigenvalue weighted by atomic mass is 9.70. The number of hydrogen-bond donors (Lipinski definition) is 4. The Kier molecular flexibility index (Phi) is 4.12. The number of carboxylic acid groups (broad SMARTS) is 1. The first-order valence-corrected chi connectivity index (χ1v) is 7.90. The van der Waals surface area contributed by atoms with E-state index in [1.54, 1.807) is 30.3 Å². The van der Waals surface area contributed by atoms with E-state index in [1.165, 1.54) is 0 Å². The van der Waals surface area contributed by atoms with Crippen molar-refractivity contribution in [2.75, 3.05) is 6.61 Å². The monoisotopic (exact) mass is 319 g/mol. The van der Waals surface area contributed by atoms with Gasteiger partial charge in [0.05, 0.1) is 12.7 Å². The highest BCUT2D eigenvalue weighted by Crippen LogP contribution is 2.56. The minimum absolute atomic E-state index is 0.00863. The van der Waals surface area contributed by atoms with E-state index < -0.39 is 36.0 Å². The Labute approximate surface area is 134 Å². The number of aliphatic hydroxyl groups is 2. The number of benzene rings is 1. The van der Waals surface area contributed by atoms with Crippen LogP contribution in [0.15, 0.2) is 30.3 Å². The van der Waals surface area contributed by atoms with Crippen molar-refractivity contribution in [3.05, 3.63) is 35.9 Å². The summed E-state index contributed by atoms with van der Waals surface area (Å²) in [4.78, 5) is 24.6. The van der Waals surface area contributed by atoms with Gasteiger partial charge in [-0.2, -0.15) is 0 Å². The minimum Gasteiger partial charge on any atom is -0.479 e. The maximum absolute atomic E-state index is 12.5. The van der Waals surface area contributed by atoms with E-state index in [9.17, 15) is 24.9 Å². The van der Waals surface area contributed by atoms with Crippen LogP contribution in [0, 0.1) is 17.8 Å². The first kappa shape index (κ1) is 16.0. The van der Waals surface area contributed by atoms with E-state index in [0.29, 0.717) is 18.4 Å². The zero-order chi connectivity index (χ0) is 16.6. The van der Waals surface area contributed by atoms with Crippen molar-refractivity contribution in [2.45, 2.75) is 30.9 Å². The molecule has 6 heteroatoms. The molecule has 124 valence electrons. The van der Waals surface area contributed by atoms with Crippen LogP contribution in [0.4, 0.5) is 0 Å². The van der Waals surface area contributed by atoms with Crippen LogP contribution in [0.3, 0.4) is 0 Å². The van der Waals surface area contributed by atoms with Crippen molar-refractivity contribution in [2.24, 2.45) is 17.8 Å². The van der Waals surface area contributed by atoms with Crippen molar-refractivity contribution in [3.8, 4) is 0 Å². The van der Waals surface area contributed by atoms with Crippen LogP contribution >= 0.6 is 0 Å². The number of nitrogens with one attached hydrogen (secondary N) is 1. The molecule has 0 spiro atoms. The summed E-state index contributed by atoms with van der Waals surface area (Å²) in [6, 6.07) is 8.44. The highest BCUT2D eigenvalue weighted by molar-refractivity contribution is 5.98. The molecule has 3 rings (SSSR count). The molecule has 0 saturated heterocycles. The predicted molar refractivity (Wildman–Crippen MR) is 81.7 cm³/mol. The summed E-state index contributed by atoms with van der Waals surface area (Å²) >= 11 is 0. The normalized spacial score (nSPS) is 33.4. The third-order valence-corrected chi connectivity index (χ3v) is 5.46. The molecule has 23 heavy (non-hydrogen) atoms. The fourth-order valence-corrected chi connectivity index (χ4v) is 4.54. The van der Waals surface area contributed by atoms with Crippen LogP contribution in [0.1, 0.15) is 29.6 Å². The van der Waals surface area contributed by atoms with Crippen molar-refractivity contribution in [1.82, 2.24) is 5.32 Å². The van der Waals surface area contributed by atoms with Gasteiger partial charge >= 0.3 is 5.97 Å². The van der Waals surface area contributed by atoms with E-state index in [2.05, 4.69) is 5.32 Å². The summed E-state index contributed by atoms with van der Waals surface area (Å²) in [5.41, 5.74) is -1.13. The molecule has 0 radical (unpaired) electrons. The van der Waals surface area contributed by atoms with Gasteiger partial charge in [0.1, 0.15) is 5.54 Å². The molecular formula is C17H21NO5. The first-order valence-electron chi connectivity index (χ1n) is 7.90. The van der Waals surface area contributed by atoms with Crippen LogP contribution in [0.25, 0.3) is 0 Å². The smallest absolute Gasteiger partial charge is 0.330 e. The Bertz CT molecular complexity index is 604. The van der Waals surface area contributed by atoms with Crippen molar-refractivity contribution in [1.29, 1.82) is 0 Å². The molecule has 1 aromatic carbocycles. The van der Waals surface area contributed by atoms with Gasteiger partial charge in [-0.05, 0) is 43.2 Å². The fourth-order valence-electron chi connectivity index (χ4n) is 4.54. The molecule has 4 N–H and O–H groups in total. The second-order valence-corrected chi connectivity index (χ2v) is 6.54. The third-order valence-electron chi connectivity index (χ3n) is 5.46. The number of carbonyl (C=O) groups is 2. The van der Waals surface area contributed by atoms with Gasteiger partial charge < -0.3 is 20.6 Å². The zero-order valence-corrected chi connectivity index (χ0v) is 12.7. The largest absolute Gasteiger partial charge is 0.479 e. The van der Waals surface area contributed by atoms with Crippen molar-refractivity contribution < 1.29 is 24.9 Å². The number of rotatable bonds is 5. The number of hydrogen-bond acceptors (Lipinski definition) is 4. The highest BCUT2D eigenvalue weighted by atomic mass is 16.4. The summed E-state index contributed by atoms with van der Waals surface area (Å²) in [6.45, 7) is -0.510. The SMILES string of the molecule is O=C(N[C@@]1(C(=O)O)[C@H]2CC[C@H](C2)[C@H]1C(O)CO)c1ccccc1. The number of amides is 1. The number of fused-ring (bicyclic) bond motifs is 2. The molecule has 0 aliphatic heterocycles. The standard InChI is InChI=1S/C17H21NO5/c19-9-13(20)14-11-6-7-12(8-11)17(14,16(22)23)18-15(21)10-4-2-1-3-5-10/h1-5,11-14,19-20H,6-9H2,(H,18,21)(H,22,23)/t11-,12+,13?,14+,17+/m1/s1. The number of aliphatic carboxylic acids is 1. The van der Waals surface area contributed by atoms with Gasteiger partial charge in [0, 0.05) is 11.5 Å². The van der Waals surface area contributed by atoms with Gasteiger partial charge in [-0.3, -0.25) is 4.79 Å². The minimum atomic E-state index is -1.52. The first-order chi connectivity index (χ1) is 11.0. The summed E-state index contributed by atoms with van der Waals surface area (Å²) in [7, 11) is 0. The van der Waals surface area contributed by atoms with Crippen LogP contribution < -0.4 is 5.32 Å². The van der Waals surface area contributed by atoms with E-state index in [-0.39, 0.29) is 11.8 Å². The lowest BCUT2D eigenvalue weighted by Gasteiger charge is -2.42. The summed E-state index contributed by atoms with van der Waals surface area (Å²) in [5, 5.41) is 32.1. The molecule has 0 aromatic heterocycles. The van der Waals surface area contributed by atoms with Crippen molar-refractivity contribution >= 4 is 11.9 Å². The average Bonchev–Trinajstić information content (AvgIpc) is 3.15. The van der Waals surface area contributed by atoms with E-state index in [1.807, 2.05) is 0 Å². The molecule has 0 heterocycles. The van der Waals surface area contributed by atoms with Crippen LogP contribution in [-0.2, 0) is 4.79 Å². The highest BCUT2D eigenvalue weighted by Gasteiger charge is 2.65. The molecule has 2 bridgehead atoms. The summed E-state index contributed by atoms with van der Waals surface area (Å²) < 4.78 is 0. The zero-order valence-electron chi connectivity index (χ0n) is 12.7. The van der Waals surface area contributed by atoms with Gasteiger partial charge in [0.15, 0.2) is 0 Å². The Morgan fingerprint density at radius 2 is 1.96 bits per heavy atom. The molecule has 1 aromatic rings. The second-order valence-electron chi connectivity index (χ2n) is 6.54. The van der Waals surface area contributed by atoms with Gasteiger partial charge in [-0.15, -0.1) is 0 Å². The predicted octanol–water partition coefficient (Wildman–Crippen LogP) is 0.639. The van der Waals surface area contributed by atoms with E-state index >= 15 is 0 Å². The lowest BCUT2D eigenvalue weighted by Crippen LogP contribution is -2.65. The van der Waals surface area contributed by atoms with E-state index in [0.717, 1.165) is 6.42 Å². The van der Waals surface area contributed by atoms with Crippen LogP contribution in [0.2, 0.25) is 0 Å². The molecule has 2 aliphatic rings. The van der Waals surface area contributed by atoms with Crippen molar-refractivity contribution in [3.63, 3.8) is 0 Å². The van der Waals surface area contributed by atoms with Crippen LogP contribution in [0.5, 0.6) is 0 Å². The summed E-state index contributed by atoms with van der Waals surface area (Å²) in [5.74, 6) is -2.48. The molecule has 1 unspecified atom stereocenters. The Morgan fingerprint density at radius 3 is 2.57 bits per heavy atom. The Hall–Kier alpha value is -1.92. The quantitative estimate of drug-likeness (QED) is 0.637.